The maximum absolute atomic E-state index is 11.8. The number of aliphatic hydroxyl groups is 1. The zero-order valence-corrected chi connectivity index (χ0v) is 18.7. The van der Waals surface area contributed by atoms with Crippen LogP contribution in [-0.4, -0.2) is 67.2 Å². The molecule has 0 spiro atoms. The largest absolute Gasteiger partial charge is 0.456 e. The number of nitrogens with one attached hydrogen (secondary N) is 2. The van der Waals surface area contributed by atoms with Gasteiger partial charge in [0.05, 0.1) is 30.1 Å². The monoisotopic (exact) mass is 547 g/mol. The van der Waals surface area contributed by atoms with Crippen LogP contribution in [0.5, 0.6) is 6.01 Å². The van der Waals surface area contributed by atoms with Crippen molar-refractivity contribution in [1.29, 1.82) is 0 Å². The number of ether oxygens (including phenoxy) is 3. The molecule has 2 unspecified atom stereocenters. The van der Waals surface area contributed by atoms with Crippen LogP contribution in [0.25, 0.3) is 28.1 Å². The van der Waals surface area contributed by atoms with Gasteiger partial charge in [-0.15, -0.1) is 0 Å². The molecule has 3 N–H and O–H groups in total. The van der Waals surface area contributed by atoms with Crippen LogP contribution in [-0.2, 0) is 9.47 Å². The fraction of sp³-hybridized carbons (Fsp3) is 0.286. The number of benzene rings is 1. The Bertz CT molecular complexity index is 1350. The number of nitrogens with zero attached hydrogens (tertiary/aromatic N) is 3. The highest BCUT2D eigenvalue weighted by atomic mass is 127. The highest BCUT2D eigenvalue weighted by Gasteiger charge is 2.48. The second-order valence-electron chi connectivity index (χ2n) is 7.73. The molecule has 10 nitrogen and oxygen atoms in total. The number of rotatable bonds is 4. The van der Waals surface area contributed by atoms with Crippen LogP contribution in [0.2, 0.25) is 0 Å². The lowest BCUT2D eigenvalue weighted by Crippen LogP contribution is -2.34. The molecule has 0 saturated carbocycles. The molecular weight excluding hydrogens is 529 g/mol. The maximum atomic E-state index is 11.8. The Morgan fingerprint density at radius 1 is 1.16 bits per heavy atom. The van der Waals surface area contributed by atoms with Crippen LogP contribution in [0.4, 0.5) is 0 Å². The standard InChI is InChI=1S/C21H18IN5O5/c22-12-7-13-19(26-20(24-13)32-15-9-31-17-14(28)8-30-18(15)17)25-16(12)10-1-3-11(4-2-10)27-6-5-23-21(27)29/h1-7,14-15,17-18,28H,8-9H2,(H,23,29)(H,24,25,26)/t14-,15-,17?,18?/m1/s1. The second-order valence-corrected chi connectivity index (χ2v) is 8.90. The zero-order valence-electron chi connectivity index (χ0n) is 16.6. The third-order valence-electron chi connectivity index (χ3n) is 5.72. The molecular formula is C21H18IN5O5. The third-order valence-corrected chi connectivity index (χ3v) is 6.54. The van der Waals surface area contributed by atoms with E-state index in [9.17, 15) is 9.90 Å². The van der Waals surface area contributed by atoms with Crippen LogP contribution in [0.15, 0.2) is 47.5 Å². The first-order chi connectivity index (χ1) is 15.6. The number of aliphatic hydroxyl groups excluding tert-OH is 1. The van der Waals surface area contributed by atoms with Crippen molar-refractivity contribution in [2.75, 3.05) is 13.2 Å². The average Bonchev–Trinajstić information content (AvgIpc) is 3.55. The normalized spacial score (nSPS) is 24.8. The van der Waals surface area contributed by atoms with Gasteiger partial charge >= 0.3 is 5.69 Å². The van der Waals surface area contributed by atoms with E-state index < -0.39 is 6.10 Å². The second kappa shape index (κ2) is 7.69. The SMILES string of the molecule is O=c1[nH]ccn1-c1ccc(-c2nc3nc(O[C@@H]4COC5C4OC[C@H]5O)[nH]c3cc2I)cc1. The van der Waals surface area contributed by atoms with Gasteiger partial charge in [-0.05, 0) is 40.8 Å². The first-order valence-corrected chi connectivity index (χ1v) is 11.2. The molecule has 0 radical (unpaired) electrons. The highest BCUT2D eigenvalue weighted by Crippen LogP contribution is 2.31. The zero-order chi connectivity index (χ0) is 21.8. The molecule has 164 valence electrons. The Morgan fingerprint density at radius 2 is 1.97 bits per heavy atom. The lowest BCUT2D eigenvalue weighted by atomic mass is 10.1. The smallest absolute Gasteiger partial charge is 0.330 e. The molecule has 0 amide bonds. The minimum absolute atomic E-state index is 0.188. The van der Waals surface area contributed by atoms with Crippen LogP contribution in [0.1, 0.15) is 0 Å². The first kappa shape index (κ1) is 19.9. The van der Waals surface area contributed by atoms with Crippen molar-refractivity contribution >= 4 is 33.8 Å². The number of pyridine rings is 1. The van der Waals surface area contributed by atoms with Gasteiger partial charge < -0.3 is 29.3 Å². The lowest BCUT2D eigenvalue weighted by Gasteiger charge is -2.15. The van der Waals surface area contributed by atoms with Crippen LogP contribution in [0, 0.1) is 3.57 Å². The summed E-state index contributed by atoms with van der Waals surface area (Å²) in [6.45, 7) is 0.576. The molecule has 2 aliphatic heterocycles. The van der Waals surface area contributed by atoms with E-state index >= 15 is 0 Å². The van der Waals surface area contributed by atoms with Gasteiger partial charge in [0.1, 0.15) is 18.3 Å². The molecule has 32 heavy (non-hydrogen) atoms. The summed E-state index contributed by atoms with van der Waals surface area (Å²) in [6.07, 6.45) is 1.64. The first-order valence-electron chi connectivity index (χ1n) is 10.1. The Morgan fingerprint density at radius 3 is 2.75 bits per heavy atom. The van der Waals surface area contributed by atoms with Gasteiger partial charge in [-0.1, -0.05) is 12.1 Å². The van der Waals surface area contributed by atoms with E-state index in [4.69, 9.17) is 19.2 Å². The van der Waals surface area contributed by atoms with Gasteiger partial charge in [0.25, 0.3) is 6.01 Å². The Labute approximate surface area is 194 Å². The van der Waals surface area contributed by atoms with E-state index in [-0.39, 0.29) is 30.6 Å². The Hall–Kier alpha value is -2.74. The molecule has 5 heterocycles. The summed E-state index contributed by atoms with van der Waals surface area (Å²) in [5, 5.41) is 9.89. The van der Waals surface area contributed by atoms with Crippen LogP contribution >= 0.6 is 22.6 Å². The molecule has 4 aromatic rings. The Balaban J connectivity index is 1.27. The molecule has 2 saturated heterocycles. The number of hydrogen-bond acceptors (Lipinski definition) is 7. The van der Waals surface area contributed by atoms with Crippen molar-refractivity contribution in [2.24, 2.45) is 0 Å². The topological polar surface area (TPSA) is 127 Å². The fourth-order valence-corrected chi connectivity index (χ4v) is 4.89. The molecule has 6 rings (SSSR count). The predicted octanol–water partition coefficient (Wildman–Crippen LogP) is 1.61. The molecule has 0 bridgehead atoms. The fourth-order valence-electron chi connectivity index (χ4n) is 4.15. The van der Waals surface area contributed by atoms with Crippen molar-refractivity contribution in [3.8, 4) is 23.0 Å². The van der Waals surface area contributed by atoms with E-state index in [1.165, 1.54) is 4.57 Å². The molecule has 3 aromatic heterocycles. The molecule has 1 aromatic carbocycles. The Kier molecular flexibility index (Phi) is 4.78. The summed E-state index contributed by atoms with van der Waals surface area (Å²) in [4.78, 5) is 26.8. The average molecular weight is 547 g/mol. The van der Waals surface area contributed by atoms with Gasteiger partial charge in [0.2, 0.25) is 0 Å². The molecule has 2 fully saturated rings. The van der Waals surface area contributed by atoms with Crippen molar-refractivity contribution in [1.82, 2.24) is 24.5 Å². The maximum Gasteiger partial charge on any atom is 0.330 e. The summed E-state index contributed by atoms with van der Waals surface area (Å²) in [5.74, 6) is 0. The summed E-state index contributed by atoms with van der Waals surface area (Å²) < 4.78 is 19.7. The number of imidazole rings is 2. The van der Waals surface area contributed by atoms with Gasteiger partial charge in [0.15, 0.2) is 11.8 Å². The minimum atomic E-state index is -0.627. The minimum Gasteiger partial charge on any atom is -0.456 e. The van der Waals surface area contributed by atoms with E-state index in [0.29, 0.717) is 18.3 Å². The predicted molar refractivity (Wildman–Crippen MR) is 122 cm³/mol. The third kappa shape index (κ3) is 3.32. The summed E-state index contributed by atoms with van der Waals surface area (Å²) in [6, 6.07) is 9.90. The highest BCUT2D eigenvalue weighted by molar-refractivity contribution is 14.1. The van der Waals surface area contributed by atoms with E-state index in [1.54, 1.807) is 12.4 Å². The lowest BCUT2D eigenvalue weighted by molar-refractivity contribution is 0.00706. The number of fused-ring (bicyclic) bond motifs is 2. The van der Waals surface area contributed by atoms with Crippen molar-refractivity contribution in [3.63, 3.8) is 0 Å². The van der Waals surface area contributed by atoms with Crippen LogP contribution < -0.4 is 10.4 Å². The van der Waals surface area contributed by atoms with Gasteiger partial charge in [0, 0.05) is 21.5 Å². The molecule has 0 aliphatic carbocycles. The van der Waals surface area contributed by atoms with Crippen LogP contribution in [0.3, 0.4) is 0 Å². The van der Waals surface area contributed by atoms with Crippen molar-refractivity contribution < 1.29 is 19.3 Å². The number of aromatic nitrogens is 5. The quantitative estimate of drug-likeness (QED) is 0.332. The van der Waals surface area contributed by atoms with Gasteiger partial charge in [-0.3, -0.25) is 4.57 Å². The van der Waals surface area contributed by atoms with Crippen molar-refractivity contribution in [2.45, 2.75) is 24.4 Å². The summed E-state index contributed by atoms with van der Waals surface area (Å²) in [7, 11) is 0. The molecule has 4 atom stereocenters. The van der Waals surface area contributed by atoms with Gasteiger partial charge in [-0.25, -0.2) is 9.78 Å². The van der Waals surface area contributed by atoms with E-state index in [1.807, 2.05) is 30.3 Å². The number of H-pyrrole nitrogens is 2. The number of halogens is 1. The number of hydrogen-bond donors (Lipinski definition) is 3. The summed E-state index contributed by atoms with van der Waals surface area (Å²) in [5.41, 5.74) is 3.57. The number of aromatic amines is 2. The molecule has 2 aliphatic rings. The van der Waals surface area contributed by atoms with Gasteiger partial charge in [-0.2, -0.15) is 4.98 Å². The van der Waals surface area contributed by atoms with Crippen molar-refractivity contribution in [3.05, 3.63) is 56.8 Å². The molecule has 11 heteroatoms. The van der Waals surface area contributed by atoms with E-state index in [0.717, 1.165) is 26.0 Å². The van der Waals surface area contributed by atoms with E-state index in [2.05, 4.69) is 37.5 Å². The summed E-state index contributed by atoms with van der Waals surface area (Å²) >= 11 is 2.24.